The SMILES string of the molecule is Cl.NC(CO)Cc1ccc2c(c1)CCC2. The van der Waals surface area contributed by atoms with Gasteiger partial charge in [-0.15, -0.1) is 12.4 Å². The first-order valence-corrected chi connectivity index (χ1v) is 5.26. The van der Waals surface area contributed by atoms with Crippen LogP contribution in [0.2, 0.25) is 0 Å². The summed E-state index contributed by atoms with van der Waals surface area (Å²) in [5.74, 6) is 0. The van der Waals surface area contributed by atoms with E-state index < -0.39 is 0 Å². The van der Waals surface area contributed by atoms with Crippen molar-refractivity contribution < 1.29 is 5.11 Å². The van der Waals surface area contributed by atoms with Crippen molar-refractivity contribution in [2.45, 2.75) is 31.7 Å². The second-order valence-corrected chi connectivity index (χ2v) is 4.10. The molecule has 0 heterocycles. The van der Waals surface area contributed by atoms with E-state index in [4.69, 9.17) is 10.8 Å². The Morgan fingerprint density at radius 3 is 2.73 bits per heavy atom. The zero-order valence-electron chi connectivity index (χ0n) is 8.78. The molecule has 0 aromatic heterocycles. The van der Waals surface area contributed by atoms with Crippen LogP contribution >= 0.6 is 12.4 Å². The molecule has 0 saturated carbocycles. The van der Waals surface area contributed by atoms with Crippen molar-refractivity contribution in [2.24, 2.45) is 5.73 Å². The highest BCUT2D eigenvalue weighted by Gasteiger charge is 2.11. The molecule has 0 fully saturated rings. The second-order valence-electron chi connectivity index (χ2n) is 4.10. The predicted molar refractivity (Wildman–Crippen MR) is 64.5 cm³/mol. The standard InChI is InChI=1S/C12H17NO.ClH/c13-12(8-14)7-9-4-5-10-2-1-3-11(10)6-9;/h4-6,12,14H,1-3,7-8,13H2;1H. The van der Waals surface area contributed by atoms with Crippen molar-refractivity contribution in [3.05, 3.63) is 34.9 Å². The number of aliphatic hydroxyl groups excluding tert-OH is 1. The highest BCUT2D eigenvalue weighted by atomic mass is 35.5. The second kappa shape index (κ2) is 5.50. The molecule has 2 rings (SSSR count). The van der Waals surface area contributed by atoms with Gasteiger partial charge in [-0.05, 0) is 42.4 Å². The van der Waals surface area contributed by atoms with Gasteiger partial charge in [0.15, 0.2) is 0 Å². The number of hydrogen-bond acceptors (Lipinski definition) is 2. The highest BCUT2D eigenvalue weighted by molar-refractivity contribution is 5.85. The molecule has 1 aliphatic rings. The van der Waals surface area contributed by atoms with Gasteiger partial charge >= 0.3 is 0 Å². The summed E-state index contributed by atoms with van der Waals surface area (Å²) in [5, 5.41) is 8.86. The van der Waals surface area contributed by atoms with Gasteiger partial charge in [0.05, 0.1) is 6.61 Å². The smallest absolute Gasteiger partial charge is 0.0585 e. The van der Waals surface area contributed by atoms with Crippen LogP contribution in [0.4, 0.5) is 0 Å². The largest absolute Gasteiger partial charge is 0.395 e. The van der Waals surface area contributed by atoms with Crippen LogP contribution in [-0.2, 0) is 19.3 Å². The molecule has 3 N–H and O–H groups in total. The van der Waals surface area contributed by atoms with Gasteiger partial charge in [-0.3, -0.25) is 0 Å². The Morgan fingerprint density at radius 2 is 2.00 bits per heavy atom. The minimum atomic E-state index is -0.116. The number of hydrogen-bond donors (Lipinski definition) is 2. The van der Waals surface area contributed by atoms with Crippen LogP contribution in [0, 0.1) is 0 Å². The Hall–Kier alpha value is -0.570. The minimum Gasteiger partial charge on any atom is -0.395 e. The van der Waals surface area contributed by atoms with Gasteiger partial charge in [0.25, 0.3) is 0 Å². The minimum absolute atomic E-state index is 0. The first-order chi connectivity index (χ1) is 6.79. The quantitative estimate of drug-likeness (QED) is 0.822. The molecule has 15 heavy (non-hydrogen) atoms. The molecule has 0 aliphatic heterocycles. The molecule has 2 nitrogen and oxygen atoms in total. The number of aliphatic hydroxyl groups is 1. The normalized spacial score (nSPS) is 15.6. The maximum atomic E-state index is 8.86. The Morgan fingerprint density at radius 1 is 1.27 bits per heavy atom. The van der Waals surface area contributed by atoms with Crippen molar-refractivity contribution in [1.29, 1.82) is 0 Å². The fourth-order valence-corrected chi connectivity index (χ4v) is 2.12. The third-order valence-electron chi connectivity index (χ3n) is 2.90. The molecule has 1 atom stereocenters. The number of rotatable bonds is 3. The molecular weight excluding hydrogens is 210 g/mol. The lowest BCUT2D eigenvalue weighted by molar-refractivity contribution is 0.265. The summed E-state index contributed by atoms with van der Waals surface area (Å²) >= 11 is 0. The van der Waals surface area contributed by atoms with Gasteiger partial charge in [-0.2, -0.15) is 0 Å². The van der Waals surface area contributed by atoms with Gasteiger partial charge in [0.1, 0.15) is 0 Å². The van der Waals surface area contributed by atoms with E-state index in [1.807, 2.05) is 0 Å². The van der Waals surface area contributed by atoms with Gasteiger partial charge in [0.2, 0.25) is 0 Å². The van der Waals surface area contributed by atoms with Crippen LogP contribution in [0.3, 0.4) is 0 Å². The van der Waals surface area contributed by atoms with Crippen molar-refractivity contribution in [2.75, 3.05) is 6.61 Å². The zero-order valence-corrected chi connectivity index (χ0v) is 9.59. The van der Waals surface area contributed by atoms with Crippen LogP contribution < -0.4 is 5.73 Å². The van der Waals surface area contributed by atoms with Crippen molar-refractivity contribution in [1.82, 2.24) is 0 Å². The molecule has 0 saturated heterocycles. The lowest BCUT2D eigenvalue weighted by Gasteiger charge is -2.09. The fraction of sp³-hybridized carbons (Fsp3) is 0.500. The number of aryl methyl sites for hydroxylation is 2. The summed E-state index contributed by atoms with van der Waals surface area (Å²) in [6.45, 7) is 0.0666. The van der Waals surface area contributed by atoms with Gasteiger partial charge < -0.3 is 10.8 Å². The number of nitrogens with two attached hydrogens (primary N) is 1. The van der Waals surface area contributed by atoms with Crippen LogP contribution in [0.25, 0.3) is 0 Å². The molecule has 3 heteroatoms. The van der Waals surface area contributed by atoms with Gasteiger partial charge in [0, 0.05) is 6.04 Å². The molecule has 0 bridgehead atoms. The number of benzene rings is 1. The van der Waals surface area contributed by atoms with E-state index in [1.54, 1.807) is 0 Å². The van der Waals surface area contributed by atoms with Crippen molar-refractivity contribution in [3.8, 4) is 0 Å². The topological polar surface area (TPSA) is 46.2 Å². The molecule has 1 unspecified atom stereocenters. The zero-order chi connectivity index (χ0) is 9.97. The average molecular weight is 228 g/mol. The first-order valence-electron chi connectivity index (χ1n) is 5.26. The van der Waals surface area contributed by atoms with Crippen LogP contribution in [0.15, 0.2) is 18.2 Å². The third kappa shape index (κ3) is 2.94. The lowest BCUT2D eigenvalue weighted by atomic mass is 10.0. The molecule has 1 aliphatic carbocycles. The van der Waals surface area contributed by atoms with E-state index in [-0.39, 0.29) is 25.1 Å². The Balaban J connectivity index is 0.00000112. The molecule has 0 radical (unpaired) electrons. The molecule has 0 amide bonds. The summed E-state index contributed by atoms with van der Waals surface area (Å²) < 4.78 is 0. The summed E-state index contributed by atoms with van der Waals surface area (Å²) in [7, 11) is 0. The maximum absolute atomic E-state index is 8.86. The Bertz CT molecular complexity index is 327. The van der Waals surface area contributed by atoms with Gasteiger partial charge in [-0.25, -0.2) is 0 Å². The molecule has 0 spiro atoms. The van der Waals surface area contributed by atoms with Crippen LogP contribution in [-0.4, -0.2) is 17.8 Å². The fourth-order valence-electron chi connectivity index (χ4n) is 2.12. The van der Waals surface area contributed by atoms with E-state index in [0.29, 0.717) is 0 Å². The third-order valence-corrected chi connectivity index (χ3v) is 2.90. The molecule has 84 valence electrons. The molecule has 1 aromatic rings. The van der Waals surface area contributed by atoms with E-state index in [2.05, 4.69) is 18.2 Å². The summed E-state index contributed by atoms with van der Waals surface area (Å²) in [6.07, 6.45) is 4.49. The van der Waals surface area contributed by atoms with E-state index in [9.17, 15) is 0 Å². The van der Waals surface area contributed by atoms with Crippen LogP contribution in [0.1, 0.15) is 23.1 Å². The lowest BCUT2D eigenvalue weighted by Crippen LogP contribution is -2.26. The highest BCUT2D eigenvalue weighted by Crippen LogP contribution is 2.23. The predicted octanol–water partition coefficient (Wildman–Crippen LogP) is 1.46. The Labute approximate surface area is 96.9 Å². The number of halogens is 1. The summed E-state index contributed by atoms with van der Waals surface area (Å²) in [6, 6.07) is 6.48. The number of fused-ring (bicyclic) bond motifs is 1. The molecule has 1 aromatic carbocycles. The van der Waals surface area contributed by atoms with Crippen LogP contribution in [0.5, 0.6) is 0 Å². The summed E-state index contributed by atoms with van der Waals surface area (Å²) in [4.78, 5) is 0. The summed E-state index contributed by atoms with van der Waals surface area (Å²) in [5.41, 5.74) is 9.93. The Kier molecular flexibility index (Phi) is 4.58. The average Bonchev–Trinajstić information content (AvgIpc) is 2.64. The molecular formula is C12H18ClNO. The first kappa shape index (κ1) is 12.5. The maximum Gasteiger partial charge on any atom is 0.0585 e. The van der Waals surface area contributed by atoms with Gasteiger partial charge in [-0.1, -0.05) is 18.2 Å². The van der Waals surface area contributed by atoms with Crippen molar-refractivity contribution in [3.63, 3.8) is 0 Å². The van der Waals surface area contributed by atoms with E-state index in [1.165, 1.54) is 36.0 Å². The monoisotopic (exact) mass is 227 g/mol. The van der Waals surface area contributed by atoms with E-state index in [0.717, 1.165) is 6.42 Å². The van der Waals surface area contributed by atoms with E-state index >= 15 is 0 Å². The van der Waals surface area contributed by atoms with Crippen molar-refractivity contribution >= 4 is 12.4 Å².